The van der Waals surface area contributed by atoms with Crippen LogP contribution in [0.4, 0.5) is 0 Å². The molecule has 5 nitrogen and oxygen atoms in total. The van der Waals surface area contributed by atoms with Crippen LogP contribution in [0.3, 0.4) is 0 Å². The molecule has 1 aromatic rings. The van der Waals surface area contributed by atoms with Crippen molar-refractivity contribution < 1.29 is 9.32 Å². The van der Waals surface area contributed by atoms with E-state index in [1.165, 1.54) is 0 Å². The van der Waals surface area contributed by atoms with Crippen LogP contribution in [0, 0.1) is 6.92 Å². The van der Waals surface area contributed by atoms with Crippen molar-refractivity contribution in [3.8, 4) is 0 Å². The molecule has 0 radical (unpaired) electrons. The zero-order chi connectivity index (χ0) is 7.40. The molecule has 0 atom stereocenters. The molecule has 0 fully saturated rings. The number of aromatic nitrogens is 2. The molecule has 0 bridgehead atoms. The third-order valence-corrected chi connectivity index (χ3v) is 1.10. The van der Waals surface area contributed by atoms with E-state index < -0.39 is 0 Å². The second kappa shape index (κ2) is 2.95. The average molecular weight is 141 g/mol. The van der Waals surface area contributed by atoms with E-state index in [1.807, 2.05) is 0 Å². The molecule has 5 heteroatoms. The monoisotopic (exact) mass is 141 g/mol. The van der Waals surface area contributed by atoms with Gasteiger partial charge in [0, 0.05) is 5.27 Å². The van der Waals surface area contributed by atoms with Crippen LogP contribution in [0.1, 0.15) is 11.5 Å². The van der Waals surface area contributed by atoms with Crippen LogP contribution < -0.4 is 5.32 Å². The highest BCUT2D eigenvalue weighted by atomic mass is 16.5. The lowest BCUT2D eigenvalue weighted by molar-refractivity contribution is -0.109. The lowest BCUT2D eigenvalue weighted by Crippen LogP contribution is -2.10. The van der Waals surface area contributed by atoms with E-state index >= 15 is 0 Å². The summed E-state index contributed by atoms with van der Waals surface area (Å²) >= 11 is 0. The summed E-state index contributed by atoms with van der Waals surface area (Å²) < 4.78 is 4.64. The van der Waals surface area contributed by atoms with Crippen molar-refractivity contribution in [2.24, 2.45) is 0 Å². The predicted molar refractivity (Wildman–Crippen MR) is 31.9 cm³/mol. The topological polar surface area (TPSA) is 68.0 Å². The maximum Gasteiger partial charge on any atom is 0.207 e. The number of carbonyl (C=O) groups is 1. The quantitative estimate of drug-likeness (QED) is 0.583. The Kier molecular flexibility index (Phi) is 1.99. The van der Waals surface area contributed by atoms with E-state index in [9.17, 15) is 4.79 Å². The maximum absolute atomic E-state index is 9.82. The number of aryl methyl sites for hydroxylation is 1. The van der Waals surface area contributed by atoms with Crippen LogP contribution >= 0.6 is 0 Å². The lowest BCUT2D eigenvalue weighted by atomic mass is 10.4. The second-order valence-corrected chi connectivity index (χ2v) is 1.77. The SMILES string of the molecule is Cc1onnc1CNC=O. The third kappa shape index (κ3) is 1.31. The summed E-state index contributed by atoms with van der Waals surface area (Å²) in [6.45, 7) is 2.11. The van der Waals surface area contributed by atoms with Gasteiger partial charge in [-0.3, -0.25) is 4.79 Å². The van der Waals surface area contributed by atoms with Gasteiger partial charge in [0.1, 0.15) is 5.69 Å². The van der Waals surface area contributed by atoms with Crippen molar-refractivity contribution in [3.05, 3.63) is 11.5 Å². The van der Waals surface area contributed by atoms with E-state index in [-0.39, 0.29) is 0 Å². The molecule has 1 N–H and O–H groups in total. The Morgan fingerprint density at radius 1 is 1.80 bits per heavy atom. The molecule has 1 aromatic heterocycles. The molecular formula is C5H7N3O2. The highest BCUT2D eigenvalue weighted by Crippen LogP contribution is 1.99. The first-order chi connectivity index (χ1) is 4.84. The van der Waals surface area contributed by atoms with Crippen molar-refractivity contribution >= 4 is 6.41 Å². The summed E-state index contributed by atoms with van der Waals surface area (Å²) in [5.74, 6) is 0.634. The lowest BCUT2D eigenvalue weighted by Gasteiger charge is -1.90. The summed E-state index contributed by atoms with van der Waals surface area (Å²) in [7, 11) is 0. The van der Waals surface area contributed by atoms with Gasteiger partial charge in [0.15, 0.2) is 5.76 Å². The Hall–Kier alpha value is -1.39. The Bertz CT molecular complexity index is 220. The summed E-state index contributed by atoms with van der Waals surface area (Å²) in [5.41, 5.74) is 0.659. The molecule has 1 rings (SSSR count). The van der Waals surface area contributed by atoms with Crippen LogP contribution in [-0.4, -0.2) is 16.8 Å². The van der Waals surface area contributed by atoms with Crippen LogP contribution in [0.15, 0.2) is 4.52 Å². The highest BCUT2D eigenvalue weighted by molar-refractivity contribution is 5.45. The van der Waals surface area contributed by atoms with E-state index in [2.05, 4.69) is 20.2 Å². The Morgan fingerprint density at radius 3 is 3.10 bits per heavy atom. The first kappa shape index (κ1) is 6.73. The molecule has 0 spiro atoms. The Morgan fingerprint density at radius 2 is 2.60 bits per heavy atom. The van der Waals surface area contributed by atoms with Gasteiger partial charge in [0.25, 0.3) is 0 Å². The fourth-order valence-electron chi connectivity index (χ4n) is 0.552. The van der Waals surface area contributed by atoms with Crippen LogP contribution in [-0.2, 0) is 11.3 Å². The van der Waals surface area contributed by atoms with Gasteiger partial charge in [0.05, 0.1) is 6.54 Å². The van der Waals surface area contributed by atoms with Crippen LogP contribution in [0.2, 0.25) is 0 Å². The zero-order valence-corrected chi connectivity index (χ0v) is 5.50. The highest BCUT2D eigenvalue weighted by Gasteiger charge is 2.01. The summed E-state index contributed by atoms with van der Waals surface area (Å²) in [6.07, 6.45) is 0.605. The summed E-state index contributed by atoms with van der Waals surface area (Å²) in [4.78, 5) is 9.82. The van der Waals surface area contributed by atoms with Gasteiger partial charge in [-0.1, -0.05) is 0 Å². The molecule has 0 unspecified atom stereocenters. The maximum atomic E-state index is 9.82. The minimum atomic E-state index is 0.374. The van der Waals surface area contributed by atoms with Crippen molar-refractivity contribution in [3.63, 3.8) is 0 Å². The molecule has 1 heterocycles. The minimum absolute atomic E-state index is 0.374. The number of hydrogen-bond acceptors (Lipinski definition) is 4. The minimum Gasteiger partial charge on any atom is -0.353 e. The molecule has 0 saturated heterocycles. The molecular weight excluding hydrogens is 134 g/mol. The number of rotatable bonds is 3. The van der Waals surface area contributed by atoms with Gasteiger partial charge in [-0.15, -0.1) is 5.10 Å². The number of nitrogens with one attached hydrogen (secondary N) is 1. The molecule has 1 amide bonds. The van der Waals surface area contributed by atoms with Crippen molar-refractivity contribution in [2.75, 3.05) is 0 Å². The van der Waals surface area contributed by atoms with Crippen molar-refractivity contribution in [2.45, 2.75) is 13.5 Å². The molecule has 0 aromatic carbocycles. The summed E-state index contributed by atoms with van der Waals surface area (Å²) in [6, 6.07) is 0. The van der Waals surface area contributed by atoms with Gasteiger partial charge in [-0.2, -0.15) is 0 Å². The number of amides is 1. The average Bonchev–Trinajstić information content (AvgIpc) is 2.31. The fourth-order valence-corrected chi connectivity index (χ4v) is 0.552. The second-order valence-electron chi connectivity index (χ2n) is 1.77. The predicted octanol–water partition coefficient (Wildman–Crippen LogP) is -0.376. The van der Waals surface area contributed by atoms with Crippen LogP contribution in [0.5, 0.6) is 0 Å². The van der Waals surface area contributed by atoms with Crippen molar-refractivity contribution in [1.82, 2.24) is 15.7 Å². The normalized spacial score (nSPS) is 9.30. The van der Waals surface area contributed by atoms with Gasteiger partial charge in [-0.05, 0) is 6.92 Å². The molecule has 0 aliphatic carbocycles. The van der Waals surface area contributed by atoms with Gasteiger partial charge in [0.2, 0.25) is 6.41 Å². The smallest absolute Gasteiger partial charge is 0.207 e. The van der Waals surface area contributed by atoms with Gasteiger partial charge >= 0.3 is 0 Å². The number of hydrogen-bond donors (Lipinski definition) is 1. The molecule has 0 aliphatic heterocycles. The van der Waals surface area contributed by atoms with E-state index in [1.54, 1.807) is 6.92 Å². The van der Waals surface area contributed by atoms with Crippen molar-refractivity contribution in [1.29, 1.82) is 0 Å². The number of carbonyl (C=O) groups excluding carboxylic acids is 1. The largest absolute Gasteiger partial charge is 0.353 e. The van der Waals surface area contributed by atoms with Gasteiger partial charge < -0.3 is 9.84 Å². The standard InChI is InChI=1S/C5H7N3O2/c1-4-5(2-6-3-9)7-8-10-4/h3H,2H2,1H3,(H,6,9). The van der Waals surface area contributed by atoms with E-state index in [0.29, 0.717) is 24.4 Å². The van der Waals surface area contributed by atoms with Gasteiger partial charge in [-0.25, -0.2) is 0 Å². The first-order valence-corrected chi connectivity index (χ1v) is 2.79. The molecule has 0 aliphatic rings. The van der Waals surface area contributed by atoms with E-state index in [0.717, 1.165) is 0 Å². The van der Waals surface area contributed by atoms with Crippen LogP contribution in [0.25, 0.3) is 0 Å². The molecule has 10 heavy (non-hydrogen) atoms. The first-order valence-electron chi connectivity index (χ1n) is 2.79. The third-order valence-electron chi connectivity index (χ3n) is 1.10. The van der Waals surface area contributed by atoms with E-state index in [4.69, 9.17) is 0 Å². The molecule has 54 valence electrons. The fraction of sp³-hybridized carbons (Fsp3) is 0.400. The number of nitrogens with zero attached hydrogens (tertiary/aromatic N) is 2. The molecule has 0 saturated carbocycles. The zero-order valence-electron chi connectivity index (χ0n) is 5.50. The Labute approximate surface area is 57.4 Å². The summed E-state index contributed by atoms with van der Waals surface area (Å²) in [5, 5.41) is 9.36. The Balaban J connectivity index is 2.56.